The van der Waals surface area contributed by atoms with Gasteiger partial charge in [0.2, 0.25) is 0 Å². The van der Waals surface area contributed by atoms with Crippen molar-refractivity contribution in [1.82, 2.24) is 10.3 Å². The number of nitrogens with zero attached hydrogens (tertiary/aromatic N) is 1. The molecular formula is C12H20N2OS. The lowest BCUT2D eigenvalue weighted by Crippen LogP contribution is -2.25. The zero-order valence-electron chi connectivity index (χ0n) is 9.87. The normalized spacial score (nSPS) is 20.4. The largest absolute Gasteiger partial charge is 0.381 e. The Balaban J connectivity index is 1.60. The highest BCUT2D eigenvalue weighted by Crippen LogP contribution is 2.14. The molecule has 16 heavy (non-hydrogen) atoms. The van der Waals surface area contributed by atoms with E-state index in [-0.39, 0.29) is 0 Å². The Morgan fingerprint density at radius 1 is 1.62 bits per heavy atom. The van der Waals surface area contributed by atoms with Crippen LogP contribution in [0.2, 0.25) is 0 Å². The molecule has 2 heterocycles. The van der Waals surface area contributed by atoms with Gasteiger partial charge in [0.1, 0.15) is 0 Å². The van der Waals surface area contributed by atoms with Crippen LogP contribution in [-0.2, 0) is 17.6 Å². The van der Waals surface area contributed by atoms with E-state index in [9.17, 15) is 0 Å². The zero-order chi connectivity index (χ0) is 11.2. The van der Waals surface area contributed by atoms with E-state index in [0.29, 0.717) is 0 Å². The van der Waals surface area contributed by atoms with Gasteiger partial charge >= 0.3 is 0 Å². The minimum Gasteiger partial charge on any atom is -0.381 e. The number of nitrogens with one attached hydrogen (secondary N) is 1. The summed E-state index contributed by atoms with van der Waals surface area (Å²) in [7, 11) is 0. The quantitative estimate of drug-likeness (QED) is 0.771. The van der Waals surface area contributed by atoms with Gasteiger partial charge in [0, 0.05) is 37.2 Å². The van der Waals surface area contributed by atoms with Gasteiger partial charge in [0.15, 0.2) is 0 Å². The minimum absolute atomic E-state index is 0.725. The van der Waals surface area contributed by atoms with Crippen molar-refractivity contribution in [2.24, 2.45) is 5.92 Å². The van der Waals surface area contributed by atoms with Gasteiger partial charge in [0.05, 0.1) is 11.6 Å². The molecule has 2 rings (SSSR count). The van der Waals surface area contributed by atoms with Gasteiger partial charge in [-0.05, 0) is 18.8 Å². The van der Waals surface area contributed by atoms with Crippen molar-refractivity contribution < 1.29 is 4.74 Å². The number of hydrogen-bond donors (Lipinski definition) is 1. The van der Waals surface area contributed by atoms with Crippen LogP contribution < -0.4 is 5.32 Å². The Morgan fingerprint density at radius 2 is 2.56 bits per heavy atom. The topological polar surface area (TPSA) is 34.2 Å². The molecule has 1 aromatic rings. The third kappa shape index (κ3) is 3.54. The van der Waals surface area contributed by atoms with Crippen LogP contribution in [0.5, 0.6) is 0 Å². The van der Waals surface area contributed by atoms with Crippen LogP contribution in [0, 0.1) is 5.92 Å². The van der Waals surface area contributed by atoms with E-state index in [1.807, 2.05) is 17.5 Å². The summed E-state index contributed by atoms with van der Waals surface area (Å²) >= 11 is 1.84. The molecule has 1 atom stereocenters. The summed E-state index contributed by atoms with van der Waals surface area (Å²) in [6.45, 7) is 6.18. The monoisotopic (exact) mass is 240 g/mol. The molecule has 3 nitrogen and oxygen atoms in total. The lowest BCUT2D eigenvalue weighted by atomic mass is 10.1. The van der Waals surface area contributed by atoms with E-state index < -0.39 is 0 Å². The predicted octanol–water partition coefficient (Wildman–Crippen LogP) is 1.87. The average Bonchev–Trinajstić information content (AvgIpc) is 2.95. The van der Waals surface area contributed by atoms with Crippen LogP contribution in [0.4, 0.5) is 0 Å². The van der Waals surface area contributed by atoms with Crippen LogP contribution in [0.15, 0.2) is 6.20 Å². The molecule has 0 spiro atoms. The summed E-state index contributed by atoms with van der Waals surface area (Å²) in [5.41, 5.74) is 0. The third-order valence-corrected chi connectivity index (χ3v) is 4.12. The van der Waals surface area contributed by atoms with Gasteiger partial charge in [0.25, 0.3) is 0 Å². The second kappa shape index (κ2) is 6.33. The van der Waals surface area contributed by atoms with Crippen LogP contribution >= 0.6 is 11.3 Å². The molecule has 0 radical (unpaired) electrons. The summed E-state index contributed by atoms with van der Waals surface area (Å²) < 4.78 is 5.34. The fraction of sp³-hybridized carbons (Fsp3) is 0.750. The van der Waals surface area contributed by atoms with Gasteiger partial charge in [-0.25, -0.2) is 4.98 Å². The highest BCUT2D eigenvalue weighted by Gasteiger charge is 2.14. The summed E-state index contributed by atoms with van der Waals surface area (Å²) in [5, 5.41) is 4.75. The van der Waals surface area contributed by atoms with Gasteiger partial charge in [-0.2, -0.15) is 0 Å². The summed E-state index contributed by atoms with van der Waals surface area (Å²) in [4.78, 5) is 5.80. The standard InChI is InChI=1S/C12H20N2OS/c1-2-11-8-14-12(16-11)3-5-13-7-10-4-6-15-9-10/h8,10,13H,2-7,9H2,1H3. The maximum Gasteiger partial charge on any atom is 0.0940 e. The SMILES string of the molecule is CCc1cnc(CCNCC2CCOC2)s1. The number of aromatic nitrogens is 1. The lowest BCUT2D eigenvalue weighted by Gasteiger charge is -2.07. The molecule has 1 N–H and O–H groups in total. The van der Waals surface area contributed by atoms with Crippen molar-refractivity contribution in [3.05, 3.63) is 16.1 Å². The van der Waals surface area contributed by atoms with Crippen LogP contribution in [0.25, 0.3) is 0 Å². The number of hydrogen-bond acceptors (Lipinski definition) is 4. The molecule has 90 valence electrons. The molecule has 0 aromatic carbocycles. The van der Waals surface area contributed by atoms with Crippen LogP contribution in [0.1, 0.15) is 23.2 Å². The second-order valence-electron chi connectivity index (χ2n) is 4.26. The summed E-state index contributed by atoms with van der Waals surface area (Å²) in [6, 6.07) is 0. The first-order chi connectivity index (χ1) is 7.88. The van der Waals surface area contributed by atoms with E-state index in [1.165, 1.54) is 16.3 Å². The third-order valence-electron chi connectivity index (χ3n) is 2.92. The second-order valence-corrected chi connectivity index (χ2v) is 5.46. The van der Waals surface area contributed by atoms with Gasteiger partial charge < -0.3 is 10.1 Å². The molecule has 1 fully saturated rings. The minimum atomic E-state index is 0.725. The first kappa shape index (κ1) is 12.0. The molecule has 0 bridgehead atoms. The molecule has 1 unspecified atom stereocenters. The fourth-order valence-corrected chi connectivity index (χ4v) is 2.73. The molecule has 1 aliphatic heterocycles. The smallest absolute Gasteiger partial charge is 0.0940 e. The number of aryl methyl sites for hydroxylation is 1. The van der Waals surface area contributed by atoms with E-state index in [4.69, 9.17) is 4.74 Å². The lowest BCUT2D eigenvalue weighted by molar-refractivity contribution is 0.185. The Bertz CT molecular complexity index is 308. The fourth-order valence-electron chi connectivity index (χ4n) is 1.87. The van der Waals surface area contributed by atoms with Gasteiger partial charge in [-0.15, -0.1) is 11.3 Å². The average molecular weight is 240 g/mol. The molecule has 1 aliphatic rings. The molecule has 1 aromatic heterocycles. The van der Waals surface area contributed by atoms with Crippen molar-refractivity contribution in [2.45, 2.75) is 26.2 Å². The maximum atomic E-state index is 5.34. The van der Waals surface area contributed by atoms with E-state index >= 15 is 0 Å². The van der Waals surface area contributed by atoms with Gasteiger partial charge in [-0.1, -0.05) is 6.92 Å². The molecule has 1 saturated heterocycles. The Morgan fingerprint density at radius 3 is 3.25 bits per heavy atom. The predicted molar refractivity (Wildman–Crippen MR) is 67.0 cm³/mol. The van der Waals surface area contributed by atoms with Gasteiger partial charge in [-0.3, -0.25) is 0 Å². The first-order valence-corrected chi connectivity index (χ1v) is 6.92. The molecule has 0 amide bonds. The van der Waals surface area contributed by atoms with E-state index in [1.54, 1.807) is 0 Å². The van der Waals surface area contributed by atoms with Crippen LogP contribution in [0.3, 0.4) is 0 Å². The van der Waals surface area contributed by atoms with Crippen molar-refractivity contribution in [2.75, 3.05) is 26.3 Å². The number of ether oxygens (including phenoxy) is 1. The number of rotatable bonds is 6. The number of thiazole rings is 1. The van der Waals surface area contributed by atoms with Crippen molar-refractivity contribution in [3.63, 3.8) is 0 Å². The van der Waals surface area contributed by atoms with Crippen molar-refractivity contribution in [1.29, 1.82) is 0 Å². The Kier molecular flexibility index (Phi) is 4.75. The highest BCUT2D eigenvalue weighted by atomic mass is 32.1. The highest BCUT2D eigenvalue weighted by molar-refractivity contribution is 7.11. The Labute approximate surface area is 101 Å². The van der Waals surface area contributed by atoms with Crippen molar-refractivity contribution in [3.8, 4) is 0 Å². The Hall–Kier alpha value is -0.450. The van der Waals surface area contributed by atoms with E-state index in [2.05, 4.69) is 17.2 Å². The first-order valence-electron chi connectivity index (χ1n) is 6.10. The summed E-state index contributed by atoms with van der Waals surface area (Å²) in [6.07, 6.45) is 5.37. The summed E-state index contributed by atoms with van der Waals surface area (Å²) in [5.74, 6) is 0.725. The maximum absolute atomic E-state index is 5.34. The van der Waals surface area contributed by atoms with Crippen LogP contribution in [-0.4, -0.2) is 31.3 Å². The van der Waals surface area contributed by atoms with Crippen molar-refractivity contribution >= 4 is 11.3 Å². The molecule has 0 saturated carbocycles. The van der Waals surface area contributed by atoms with E-state index in [0.717, 1.165) is 45.1 Å². The molecule has 4 heteroatoms. The zero-order valence-corrected chi connectivity index (χ0v) is 10.7. The molecule has 0 aliphatic carbocycles. The molecular weight excluding hydrogens is 220 g/mol.